The fraction of sp³-hybridized carbons (Fsp3) is 0.923. The van der Waals surface area contributed by atoms with Crippen LogP contribution in [-0.4, -0.2) is 35.6 Å². The number of rotatable bonds is 6. The first-order valence-electron chi connectivity index (χ1n) is 6.84. The van der Waals surface area contributed by atoms with Crippen LogP contribution in [-0.2, 0) is 0 Å². The van der Waals surface area contributed by atoms with Crippen molar-refractivity contribution in [3.05, 3.63) is 0 Å². The van der Waals surface area contributed by atoms with Gasteiger partial charge in [0, 0.05) is 19.0 Å². The Morgan fingerprint density at radius 2 is 2.06 bits per heavy atom. The van der Waals surface area contributed by atoms with E-state index in [1.807, 2.05) is 0 Å². The normalized spacial score (nSPS) is 20.8. The van der Waals surface area contributed by atoms with Crippen molar-refractivity contribution < 1.29 is 5.21 Å². The van der Waals surface area contributed by atoms with E-state index in [4.69, 9.17) is 10.9 Å². The van der Waals surface area contributed by atoms with Crippen molar-refractivity contribution in [3.63, 3.8) is 0 Å². The lowest BCUT2D eigenvalue weighted by Crippen LogP contribution is -2.38. The first kappa shape index (κ1) is 14.3. The third-order valence-corrected chi connectivity index (χ3v) is 3.94. The topological polar surface area (TPSA) is 61.9 Å². The molecule has 4 nitrogen and oxygen atoms in total. The van der Waals surface area contributed by atoms with E-state index >= 15 is 0 Å². The minimum absolute atomic E-state index is 0.340. The Labute approximate surface area is 105 Å². The lowest BCUT2D eigenvalue weighted by Gasteiger charge is -2.32. The van der Waals surface area contributed by atoms with Gasteiger partial charge in [-0.2, -0.15) is 0 Å². The average molecular weight is 241 g/mol. The van der Waals surface area contributed by atoms with E-state index in [1.54, 1.807) is 0 Å². The van der Waals surface area contributed by atoms with Gasteiger partial charge >= 0.3 is 0 Å². The second kappa shape index (κ2) is 7.54. The number of hydrogen-bond donors (Lipinski definition) is 2. The fourth-order valence-corrected chi connectivity index (χ4v) is 2.82. The van der Waals surface area contributed by atoms with Crippen LogP contribution in [0, 0.1) is 5.92 Å². The van der Waals surface area contributed by atoms with Crippen LogP contribution in [0.2, 0.25) is 0 Å². The molecule has 0 radical (unpaired) electrons. The van der Waals surface area contributed by atoms with E-state index in [-0.39, 0.29) is 0 Å². The third-order valence-electron chi connectivity index (χ3n) is 3.94. The molecule has 0 aromatic rings. The summed E-state index contributed by atoms with van der Waals surface area (Å²) in [5.41, 5.74) is 5.59. The van der Waals surface area contributed by atoms with Crippen molar-refractivity contribution in [2.75, 3.05) is 13.6 Å². The quantitative estimate of drug-likeness (QED) is 0.325. The van der Waals surface area contributed by atoms with Gasteiger partial charge in [-0.3, -0.25) is 0 Å². The summed E-state index contributed by atoms with van der Waals surface area (Å²) in [5, 5.41) is 11.7. The Bertz CT molecular complexity index is 237. The largest absolute Gasteiger partial charge is 0.409 e. The smallest absolute Gasteiger partial charge is 0.140 e. The van der Waals surface area contributed by atoms with Gasteiger partial charge < -0.3 is 15.8 Å². The predicted octanol–water partition coefficient (Wildman–Crippen LogP) is 2.41. The first-order valence-corrected chi connectivity index (χ1v) is 6.84. The summed E-state index contributed by atoms with van der Waals surface area (Å²) < 4.78 is 0. The number of nitrogens with two attached hydrogens (primary N) is 1. The molecule has 0 amide bonds. The highest BCUT2D eigenvalue weighted by molar-refractivity contribution is 5.80. The zero-order chi connectivity index (χ0) is 12.7. The highest BCUT2D eigenvalue weighted by Crippen LogP contribution is 2.25. The SMILES string of the molecule is CCC(CC(N)=NO)N(C)CC1CCCCC1. The number of oxime groups is 1. The van der Waals surface area contributed by atoms with Gasteiger partial charge in [-0.25, -0.2) is 0 Å². The Kier molecular flexibility index (Phi) is 6.34. The standard InChI is InChI=1S/C13H27N3O/c1-3-12(9-13(14)15-17)16(2)10-11-7-5-4-6-8-11/h11-12,17H,3-10H2,1-2H3,(H2,14,15). The molecule has 1 atom stereocenters. The molecule has 4 heteroatoms. The molecular formula is C13H27N3O. The molecule has 0 aromatic heterocycles. The zero-order valence-electron chi connectivity index (χ0n) is 11.2. The van der Waals surface area contributed by atoms with Gasteiger partial charge in [0.2, 0.25) is 0 Å². The highest BCUT2D eigenvalue weighted by Gasteiger charge is 2.20. The molecular weight excluding hydrogens is 214 g/mol. The molecule has 100 valence electrons. The van der Waals surface area contributed by atoms with Gasteiger partial charge in [0.05, 0.1) is 0 Å². The minimum Gasteiger partial charge on any atom is -0.409 e. The molecule has 3 N–H and O–H groups in total. The Morgan fingerprint density at radius 3 is 2.59 bits per heavy atom. The number of nitrogens with zero attached hydrogens (tertiary/aromatic N) is 2. The van der Waals surface area contributed by atoms with E-state index in [1.165, 1.54) is 32.1 Å². The number of hydrogen-bond acceptors (Lipinski definition) is 3. The third kappa shape index (κ3) is 4.94. The van der Waals surface area contributed by atoms with Gasteiger partial charge in [-0.05, 0) is 32.2 Å². The zero-order valence-corrected chi connectivity index (χ0v) is 11.2. The van der Waals surface area contributed by atoms with Crippen LogP contribution in [0.3, 0.4) is 0 Å². The summed E-state index contributed by atoms with van der Waals surface area (Å²) in [5.74, 6) is 1.18. The second-order valence-corrected chi connectivity index (χ2v) is 5.30. The summed E-state index contributed by atoms with van der Waals surface area (Å²) in [4.78, 5) is 2.38. The monoisotopic (exact) mass is 241 g/mol. The Hall–Kier alpha value is -0.770. The van der Waals surface area contributed by atoms with Crippen molar-refractivity contribution in [1.82, 2.24) is 4.90 Å². The van der Waals surface area contributed by atoms with Gasteiger partial charge in [0.15, 0.2) is 0 Å². The Morgan fingerprint density at radius 1 is 1.41 bits per heavy atom. The van der Waals surface area contributed by atoms with E-state index in [0.717, 1.165) is 18.9 Å². The lowest BCUT2D eigenvalue weighted by atomic mass is 9.88. The average Bonchev–Trinajstić information content (AvgIpc) is 2.36. The maximum Gasteiger partial charge on any atom is 0.140 e. The van der Waals surface area contributed by atoms with E-state index in [0.29, 0.717) is 18.3 Å². The molecule has 0 aromatic carbocycles. The predicted molar refractivity (Wildman–Crippen MR) is 71.3 cm³/mol. The summed E-state index contributed by atoms with van der Waals surface area (Å²) in [7, 11) is 2.16. The first-order chi connectivity index (χ1) is 8.17. The van der Waals surface area contributed by atoms with Crippen molar-refractivity contribution in [2.45, 2.75) is 57.9 Å². The maximum atomic E-state index is 8.63. The van der Waals surface area contributed by atoms with Crippen molar-refractivity contribution in [3.8, 4) is 0 Å². The minimum atomic E-state index is 0.340. The maximum absolute atomic E-state index is 8.63. The second-order valence-electron chi connectivity index (χ2n) is 5.30. The van der Waals surface area contributed by atoms with E-state index < -0.39 is 0 Å². The van der Waals surface area contributed by atoms with Crippen LogP contribution in [0.5, 0.6) is 0 Å². The summed E-state index contributed by atoms with van der Waals surface area (Å²) in [6, 6.07) is 0.396. The summed E-state index contributed by atoms with van der Waals surface area (Å²) in [6.07, 6.45) is 8.61. The van der Waals surface area contributed by atoms with Gasteiger partial charge in [-0.15, -0.1) is 0 Å². The van der Waals surface area contributed by atoms with Crippen LogP contribution in [0.4, 0.5) is 0 Å². The summed E-state index contributed by atoms with van der Waals surface area (Å²) in [6.45, 7) is 3.31. The fourth-order valence-electron chi connectivity index (χ4n) is 2.82. The van der Waals surface area contributed by atoms with Crippen molar-refractivity contribution >= 4 is 5.84 Å². The molecule has 0 aliphatic heterocycles. The molecule has 1 rings (SSSR count). The molecule has 1 aliphatic carbocycles. The highest BCUT2D eigenvalue weighted by atomic mass is 16.4. The van der Waals surface area contributed by atoms with Gasteiger partial charge in [0.1, 0.15) is 5.84 Å². The molecule has 0 saturated heterocycles. The van der Waals surface area contributed by atoms with Gasteiger partial charge in [-0.1, -0.05) is 31.3 Å². The van der Waals surface area contributed by atoms with Crippen LogP contribution in [0.15, 0.2) is 5.16 Å². The summed E-state index contributed by atoms with van der Waals surface area (Å²) >= 11 is 0. The Balaban J connectivity index is 2.39. The van der Waals surface area contributed by atoms with E-state index in [9.17, 15) is 0 Å². The lowest BCUT2D eigenvalue weighted by molar-refractivity contribution is 0.180. The van der Waals surface area contributed by atoms with Crippen LogP contribution in [0.25, 0.3) is 0 Å². The molecule has 1 unspecified atom stereocenters. The number of amidine groups is 1. The molecule has 0 spiro atoms. The van der Waals surface area contributed by atoms with Crippen molar-refractivity contribution in [2.24, 2.45) is 16.8 Å². The van der Waals surface area contributed by atoms with Gasteiger partial charge in [0.25, 0.3) is 0 Å². The van der Waals surface area contributed by atoms with Crippen LogP contribution >= 0.6 is 0 Å². The molecule has 0 bridgehead atoms. The van der Waals surface area contributed by atoms with Crippen LogP contribution in [0.1, 0.15) is 51.9 Å². The molecule has 1 saturated carbocycles. The molecule has 1 fully saturated rings. The van der Waals surface area contributed by atoms with E-state index in [2.05, 4.69) is 24.0 Å². The molecule has 0 heterocycles. The van der Waals surface area contributed by atoms with Crippen LogP contribution < -0.4 is 5.73 Å². The molecule has 1 aliphatic rings. The molecule has 17 heavy (non-hydrogen) atoms. The van der Waals surface area contributed by atoms with Crippen molar-refractivity contribution in [1.29, 1.82) is 0 Å².